The Balaban J connectivity index is 4.06. The van der Waals surface area contributed by atoms with Crippen LogP contribution in [-0.4, -0.2) is 36.9 Å². The van der Waals surface area contributed by atoms with Gasteiger partial charge in [-0.15, -0.1) is 0 Å². The molecule has 6 N–H and O–H groups in total. The molecule has 0 aliphatic heterocycles. The molecule has 7 nitrogen and oxygen atoms in total. The van der Waals surface area contributed by atoms with E-state index in [1.54, 1.807) is 0 Å². The Morgan fingerprint density at radius 3 is 2.35 bits per heavy atom. The van der Waals surface area contributed by atoms with Crippen LogP contribution >= 0.6 is 0 Å². The van der Waals surface area contributed by atoms with Crippen molar-refractivity contribution in [2.45, 2.75) is 44.6 Å². The molecule has 0 amide bonds. The molecule has 0 aromatic heterocycles. The molecule has 20 heavy (non-hydrogen) atoms. The first-order valence-electron chi connectivity index (χ1n) is 6.76. The number of carbonyl (C=O) groups excluding carboxylic acids is 3. The minimum atomic E-state index is -0.681. The maximum Gasteiger partial charge on any atom is 0.185 e. The van der Waals surface area contributed by atoms with Crippen LogP contribution in [0.2, 0.25) is 0 Å². The Labute approximate surface area is 119 Å². The zero-order valence-electron chi connectivity index (χ0n) is 11.7. The van der Waals surface area contributed by atoms with E-state index in [4.69, 9.17) is 17.2 Å². The van der Waals surface area contributed by atoms with Crippen LogP contribution in [0.25, 0.3) is 0 Å². The molecule has 0 saturated heterocycles. The van der Waals surface area contributed by atoms with Gasteiger partial charge in [-0.1, -0.05) is 6.42 Å². The molecule has 0 aliphatic rings. The van der Waals surface area contributed by atoms with Gasteiger partial charge in [0.05, 0.1) is 12.0 Å². The zero-order valence-corrected chi connectivity index (χ0v) is 11.7. The highest BCUT2D eigenvalue weighted by molar-refractivity contribution is 5.96. The molecule has 0 spiro atoms. The largest absolute Gasteiger partial charge is 0.370 e. The first-order valence-corrected chi connectivity index (χ1v) is 6.76. The fraction of sp³-hybridized carbons (Fsp3) is 0.692. The number of rotatable bonds is 12. The van der Waals surface area contributed by atoms with Crippen molar-refractivity contribution in [1.29, 1.82) is 0 Å². The molecular weight excluding hydrogens is 260 g/mol. The predicted octanol–water partition coefficient (Wildman–Crippen LogP) is -0.489. The molecule has 0 bridgehead atoms. The van der Waals surface area contributed by atoms with Crippen LogP contribution in [0.15, 0.2) is 4.99 Å². The summed E-state index contributed by atoms with van der Waals surface area (Å²) in [5.74, 6) is -0.929. The third kappa shape index (κ3) is 8.36. The lowest BCUT2D eigenvalue weighted by molar-refractivity contribution is -0.128. The minimum absolute atomic E-state index is 0.00541. The lowest BCUT2D eigenvalue weighted by Crippen LogP contribution is -2.36. The molecule has 1 unspecified atom stereocenters. The Bertz CT molecular complexity index is 341. The molecule has 0 aromatic carbocycles. The fourth-order valence-corrected chi connectivity index (χ4v) is 1.81. The van der Waals surface area contributed by atoms with Crippen LogP contribution < -0.4 is 17.2 Å². The third-order valence-corrected chi connectivity index (χ3v) is 2.95. The van der Waals surface area contributed by atoms with E-state index >= 15 is 0 Å². The number of Topliss-reactive ketones (excluding diaryl/α,β-unsaturated/α-hetero) is 1. The van der Waals surface area contributed by atoms with Gasteiger partial charge in [-0.25, -0.2) is 0 Å². The van der Waals surface area contributed by atoms with E-state index < -0.39 is 12.0 Å². The number of nitrogens with zero attached hydrogens (tertiary/aromatic N) is 1. The Morgan fingerprint density at radius 2 is 1.80 bits per heavy atom. The maximum absolute atomic E-state index is 12.0. The Hall–Kier alpha value is -1.76. The second-order valence-electron chi connectivity index (χ2n) is 4.65. The van der Waals surface area contributed by atoms with Crippen molar-refractivity contribution in [2.24, 2.45) is 28.1 Å². The van der Waals surface area contributed by atoms with Gasteiger partial charge in [-0.05, 0) is 25.7 Å². The zero-order chi connectivity index (χ0) is 15.4. The summed E-state index contributed by atoms with van der Waals surface area (Å²) in [4.78, 5) is 36.9. The minimum Gasteiger partial charge on any atom is -0.370 e. The number of carbonyl (C=O) groups is 3. The molecule has 0 radical (unpaired) electrons. The summed E-state index contributed by atoms with van der Waals surface area (Å²) < 4.78 is 0. The SMILES string of the molecule is NC(N)=NCCC[C@H](N)C(=O)C(C=O)CCCCC=O. The van der Waals surface area contributed by atoms with Crippen molar-refractivity contribution in [3.05, 3.63) is 0 Å². The quantitative estimate of drug-likeness (QED) is 0.145. The summed E-state index contributed by atoms with van der Waals surface area (Å²) in [5.41, 5.74) is 16.1. The number of unbranched alkanes of at least 4 members (excludes halogenated alkanes) is 2. The number of hydrogen-bond donors (Lipinski definition) is 3. The van der Waals surface area contributed by atoms with Crippen molar-refractivity contribution in [3.8, 4) is 0 Å². The topological polar surface area (TPSA) is 142 Å². The summed E-state index contributed by atoms with van der Waals surface area (Å²) in [7, 11) is 0. The Morgan fingerprint density at radius 1 is 1.10 bits per heavy atom. The maximum atomic E-state index is 12.0. The lowest BCUT2D eigenvalue weighted by atomic mass is 9.92. The highest BCUT2D eigenvalue weighted by Crippen LogP contribution is 2.12. The van der Waals surface area contributed by atoms with Gasteiger partial charge < -0.3 is 26.8 Å². The predicted molar refractivity (Wildman–Crippen MR) is 77.0 cm³/mol. The van der Waals surface area contributed by atoms with E-state index in [1.165, 1.54) is 0 Å². The first-order chi connectivity index (χ1) is 9.52. The Kier molecular flexibility index (Phi) is 10.1. The van der Waals surface area contributed by atoms with Crippen LogP contribution in [0, 0.1) is 5.92 Å². The van der Waals surface area contributed by atoms with Crippen LogP contribution in [0.4, 0.5) is 0 Å². The van der Waals surface area contributed by atoms with Crippen LogP contribution in [0.3, 0.4) is 0 Å². The van der Waals surface area contributed by atoms with Crippen LogP contribution in [0.1, 0.15) is 38.5 Å². The molecule has 7 heteroatoms. The molecule has 2 atom stereocenters. The van der Waals surface area contributed by atoms with E-state index in [9.17, 15) is 14.4 Å². The fourth-order valence-electron chi connectivity index (χ4n) is 1.81. The average Bonchev–Trinajstić information content (AvgIpc) is 2.42. The van der Waals surface area contributed by atoms with Crippen molar-refractivity contribution in [3.63, 3.8) is 0 Å². The summed E-state index contributed by atoms with van der Waals surface area (Å²) in [6.07, 6.45) is 4.72. The molecule has 0 rings (SSSR count). The van der Waals surface area contributed by atoms with Gasteiger partial charge in [-0.2, -0.15) is 0 Å². The lowest BCUT2D eigenvalue weighted by Gasteiger charge is -2.14. The monoisotopic (exact) mass is 284 g/mol. The first kappa shape index (κ1) is 18.2. The normalized spacial score (nSPS) is 13.2. The number of guanidine groups is 1. The molecule has 0 heterocycles. The van der Waals surface area contributed by atoms with Crippen molar-refractivity contribution >= 4 is 24.3 Å². The molecule has 0 fully saturated rings. The van der Waals surface area contributed by atoms with Crippen LogP contribution in [-0.2, 0) is 14.4 Å². The molecule has 0 saturated carbocycles. The highest BCUT2D eigenvalue weighted by atomic mass is 16.1. The number of hydrogen-bond acceptors (Lipinski definition) is 5. The van der Waals surface area contributed by atoms with Gasteiger partial charge in [-0.3, -0.25) is 9.79 Å². The van der Waals surface area contributed by atoms with Gasteiger partial charge >= 0.3 is 0 Å². The summed E-state index contributed by atoms with van der Waals surface area (Å²) in [6.45, 7) is 0.411. The average molecular weight is 284 g/mol. The summed E-state index contributed by atoms with van der Waals surface area (Å²) in [5, 5.41) is 0. The number of aldehydes is 2. The van der Waals surface area contributed by atoms with E-state index in [0.717, 1.165) is 6.29 Å². The molecule has 114 valence electrons. The third-order valence-electron chi connectivity index (χ3n) is 2.95. The number of aliphatic imine (C=N–C) groups is 1. The van der Waals surface area contributed by atoms with E-state index in [2.05, 4.69) is 4.99 Å². The highest BCUT2D eigenvalue weighted by Gasteiger charge is 2.23. The van der Waals surface area contributed by atoms with Crippen molar-refractivity contribution < 1.29 is 14.4 Å². The van der Waals surface area contributed by atoms with E-state index in [1.807, 2.05) is 0 Å². The van der Waals surface area contributed by atoms with Crippen LogP contribution in [0.5, 0.6) is 0 Å². The number of ketones is 1. The number of nitrogens with two attached hydrogens (primary N) is 3. The van der Waals surface area contributed by atoms with E-state index in [-0.39, 0.29) is 11.7 Å². The van der Waals surface area contributed by atoms with Gasteiger partial charge in [0.2, 0.25) is 0 Å². The van der Waals surface area contributed by atoms with Gasteiger partial charge in [0, 0.05) is 13.0 Å². The standard InChI is InChI=1S/C13H24N4O3/c14-11(6-4-7-17-13(15)16)12(20)10(9-19)5-2-1-3-8-18/h8-11H,1-7,14H2,(H4,15,16,17)/t10?,11-/m0/s1. The van der Waals surface area contributed by atoms with Gasteiger partial charge in [0.25, 0.3) is 0 Å². The molecular formula is C13H24N4O3. The van der Waals surface area contributed by atoms with Crippen molar-refractivity contribution in [1.82, 2.24) is 0 Å². The smallest absolute Gasteiger partial charge is 0.185 e. The molecule has 0 aliphatic carbocycles. The summed E-state index contributed by atoms with van der Waals surface area (Å²) >= 11 is 0. The van der Waals surface area contributed by atoms with Gasteiger partial charge in [0.1, 0.15) is 12.6 Å². The van der Waals surface area contributed by atoms with Gasteiger partial charge in [0.15, 0.2) is 11.7 Å². The second kappa shape index (κ2) is 11.1. The second-order valence-corrected chi connectivity index (χ2v) is 4.65. The molecule has 0 aromatic rings. The van der Waals surface area contributed by atoms with E-state index in [0.29, 0.717) is 51.4 Å². The van der Waals surface area contributed by atoms with Crippen molar-refractivity contribution in [2.75, 3.05) is 6.54 Å². The summed E-state index contributed by atoms with van der Waals surface area (Å²) in [6, 6.07) is -0.675.